The van der Waals surface area contributed by atoms with E-state index in [4.69, 9.17) is 4.42 Å². The summed E-state index contributed by atoms with van der Waals surface area (Å²) in [5.74, 6) is 1.04. The molecule has 156 valence electrons. The molecular formula is C25H22FN3O2. The van der Waals surface area contributed by atoms with Crippen LogP contribution in [0.5, 0.6) is 0 Å². The van der Waals surface area contributed by atoms with E-state index in [2.05, 4.69) is 9.97 Å². The molecule has 5 nitrogen and oxygen atoms in total. The number of piperidine rings is 1. The number of nitrogens with zero attached hydrogens (tertiary/aromatic N) is 3. The summed E-state index contributed by atoms with van der Waals surface area (Å²) in [6.07, 6.45) is 5.66. The van der Waals surface area contributed by atoms with Gasteiger partial charge in [-0.1, -0.05) is 36.4 Å². The van der Waals surface area contributed by atoms with Crippen LogP contribution in [0.25, 0.3) is 10.8 Å². The Hall–Kier alpha value is -3.54. The minimum Gasteiger partial charge on any atom is -0.445 e. The molecule has 0 aliphatic carbocycles. The van der Waals surface area contributed by atoms with Crippen molar-refractivity contribution in [1.29, 1.82) is 0 Å². The van der Waals surface area contributed by atoms with E-state index in [1.165, 1.54) is 12.1 Å². The molecule has 4 aromatic rings. The summed E-state index contributed by atoms with van der Waals surface area (Å²) in [6, 6.07) is 16.2. The van der Waals surface area contributed by atoms with Crippen LogP contribution in [0.2, 0.25) is 0 Å². The van der Waals surface area contributed by atoms with Gasteiger partial charge in [0.25, 0.3) is 5.91 Å². The lowest BCUT2D eigenvalue weighted by Gasteiger charge is -2.31. The standard InChI is InChI=1S/C25H22FN3O2/c26-20-8-3-5-17(13-20)14-21-15-28-24(31-21)19-7-4-12-29(16-19)25(30)23-22-9-2-1-6-18(22)10-11-27-23/h1-3,5-6,8-11,13,15,19H,4,7,12,14,16H2/t19-/m1/s1. The number of likely N-dealkylation sites (tertiary alicyclic amines) is 1. The van der Waals surface area contributed by atoms with Crippen molar-refractivity contribution in [2.24, 2.45) is 0 Å². The number of hydrogen-bond acceptors (Lipinski definition) is 4. The second-order valence-electron chi connectivity index (χ2n) is 7.94. The molecule has 1 amide bonds. The van der Waals surface area contributed by atoms with Crippen molar-refractivity contribution in [3.05, 3.63) is 95.7 Å². The van der Waals surface area contributed by atoms with Crippen molar-refractivity contribution in [3.63, 3.8) is 0 Å². The summed E-state index contributed by atoms with van der Waals surface area (Å²) in [6.45, 7) is 1.24. The fourth-order valence-corrected chi connectivity index (χ4v) is 4.24. The van der Waals surface area contributed by atoms with E-state index in [0.29, 0.717) is 36.9 Å². The summed E-state index contributed by atoms with van der Waals surface area (Å²) in [4.78, 5) is 23.9. The quantitative estimate of drug-likeness (QED) is 0.472. The lowest BCUT2D eigenvalue weighted by molar-refractivity contribution is 0.0694. The van der Waals surface area contributed by atoms with Crippen LogP contribution in [0.15, 0.2) is 71.4 Å². The van der Waals surface area contributed by atoms with Crippen LogP contribution < -0.4 is 0 Å². The number of carbonyl (C=O) groups is 1. The molecular weight excluding hydrogens is 393 g/mol. The molecule has 0 radical (unpaired) electrons. The maximum absolute atomic E-state index is 13.4. The van der Waals surface area contributed by atoms with E-state index < -0.39 is 0 Å². The number of halogens is 1. The number of rotatable bonds is 4. The minimum atomic E-state index is -0.263. The molecule has 5 rings (SSSR count). The second kappa shape index (κ2) is 8.30. The van der Waals surface area contributed by atoms with Crippen LogP contribution in [0, 0.1) is 5.82 Å². The zero-order valence-electron chi connectivity index (χ0n) is 17.0. The summed E-state index contributed by atoms with van der Waals surface area (Å²) in [5.41, 5.74) is 1.32. The highest BCUT2D eigenvalue weighted by molar-refractivity contribution is 6.05. The number of hydrogen-bond donors (Lipinski definition) is 0. The van der Waals surface area contributed by atoms with Crippen LogP contribution >= 0.6 is 0 Å². The van der Waals surface area contributed by atoms with Gasteiger partial charge in [-0.2, -0.15) is 0 Å². The highest BCUT2D eigenvalue weighted by Crippen LogP contribution is 2.29. The first-order valence-electron chi connectivity index (χ1n) is 10.5. The number of benzene rings is 2. The van der Waals surface area contributed by atoms with Crippen molar-refractivity contribution in [3.8, 4) is 0 Å². The van der Waals surface area contributed by atoms with Gasteiger partial charge in [-0.3, -0.25) is 9.78 Å². The molecule has 31 heavy (non-hydrogen) atoms. The number of oxazole rings is 1. The molecule has 0 bridgehead atoms. The Balaban J connectivity index is 1.32. The summed E-state index contributed by atoms with van der Waals surface area (Å²) in [5, 5.41) is 1.87. The third-order valence-corrected chi connectivity index (χ3v) is 5.77. The largest absolute Gasteiger partial charge is 0.445 e. The Kier molecular flexibility index (Phi) is 5.20. The lowest BCUT2D eigenvalue weighted by atomic mass is 9.97. The Morgan fingerprint density at radius 3 is 2.94 bits per heavy atom. The number of fused-ring (bicyclic) bond motifs is 1. The van der Waals surface area contributed by atoms with Gasteiger partial charge >= 0.3 is 0 Å². The molecule has 1 saturated heterocycles. The molecule has 0 N–H and O–H groups in total. The predicted molar refractivity (Wildman–Crippen MR) is 115 cm³/mol. The Bertz CT molecular complexity index is 1230. The fourth-order valence-electron chi connectivity index (χ4n) is 4.24. The molecule has 3 heterocycles. The normalized spacial score (nSPS) is 16.5. The van der Waals surface area contributed by atoms with Gasteiger partial charge in [0.1, 0.15) is 17.3 Å². The first-order chi connectivity index (χ1) is 15.2. The van der Waals surface area contributed by atoms with Gasteiger partial charge in [-0.15, -0.1) is 0 Å². The summed E-state index contributed by atoms with van der Waals surface area (Å²) in [7, 11) is 0. The van der Waals surface area contributed by atoms with Crippen LogP contribution in [0.3, 0.4) is 0 Å². The minimum absolute atomic E-state index is 0.0361. The third-order valence-electron chi connectivity index (χ3n) is 5.77. The Morgan fingerprint density at radius 2 is 2.03 bits per heavy atom. The molecule has 2 aromatic heterocycles. The van der Waals surface area contributed by atoms with E-state index in [9.17, 15) is 9.18 Å². The van der Waals surface area contributed by atoms with Crippen LogP contribution in [0.4, 0.5) is 4.39 Å². The van der Waals surface area contributed by atoms with Gasteiger partial charge in [0.05, 0.1) is 12.1 Å². The monoisotopic (exact) mass is 415 g/mol. The average Bonchev–Trinajstić information content (AvgIpc) is 3.27. The van der Waals surface area contributed by atoms with Crippen LogP contribution in [-0.2, 0) is 6.42 Å². The smallest absolute Gasteiger partial charge is 0.273 e. The van der Waals surface area contributed by atoms with Gasteiger partial charge in [0.15, 0.2) is 5.89 Å². The predicted octanol–water partition coefficient (Wildman–Crippen LogP) is 4.97. The first-order valence-corrected chi connectivity index (χ1v) is 10.5. The Labute approximate surface area is 179 Å². The zero-order valence-corrected chi connectivity index (χ0v) is 17.0. The van der Waals surface area contributed by atoms with E-state index in [0.717, 1.165) is 29.2 Å². The first kappa shape index (κ1) is 19.4. The highest BCUT2D eigenvalue weighted by atomic mass is 19.1. The second-order valence-corrected chi connectivity index (χ2v) is 7.94. The third kappa shape index (κ3) is 4.06. The van der Waals surface area contributed by atoms with Crippen molar-refractivity contribution in [2.45, 2.75) is 25.2 Å². The molecule has 0 unspecified atom stereocenters. The molecule has 1 fully saturated rings. The van der Waals surface area contributed by atoms with Crippen molar-refractivity contribution in [1.82, 2.24) is 14.9 Å². The zero-order chi connectivity index (χ0) is 21.2. The molecule has 1 aliphatic heterocycles. The topological polar surface area (TPSA) is 59.2 Å². The van der Waals surface area contributed by atoms with E-state index in [1.807, 2.05) is 41.3 Å². The van der Waals surface area contributed by atoms with Gasteiger partial charge in [-0.05, 0) is 42.0 Å². The van der Waals surface area contributed by atoms with Gasteiger partial charge in [0, 0.05) is 31.1 Å². The van der Waals surface area contributed by atoms with Crippen molar-refractivity contribution in [2.75, 3.05) is 13.1 Å². The molecule has 6 heteroatoms. The van der Waals surface area contributed by atoms with Crippen LogP contribution in [-0.4, -0.2) is 33.9 Å². The van der Waals surface area contributed by atoms with Crippen molar-refractivity contribution < 1.29 is 13.6 Å². The van der Waals surface area contributed by atoms with E-state index >= 15 is 0 Å². The lowest BCUT2D eigenvalue weighted by Crippen LogP contribution is -2.39. The fraction of sp³-hybridized carbons (Fsp3) is 0.240. The number of carbonyl (C=O) groups excluding carboxylic acids is 1. The van der Waals surface area contributed by atoms with Gasteiger partial charge < -0.3 is 9.32 Å². The highest BCUT2D eigenvalue weighted by Gasteiger charge is 2.29. The average molecular weight is 415 g/mol. The molecule has 0 spiro atoms. The maximum Gasteiger partial charge on any atom is 0.273 e. The molecule has 1 aliphatic rings. The summed E-state index contributed by atoms with van der Waals surface area (Å²) >= 11 is 0. The van der Waals surface area contributed by atoms with Gasteiger partial charge in [0.2, 0.25) is 0 Å². The van der Waals surface area contributed by atoms with Gasteiger partial charge in [-0.25, -0.2) is 9.37 Å². The number of pyridine rings is 1. The summed E-state index contributed by atoms with van der Waals surface area (Å²) < 4.78 is 19.4. The Morgan fingerprint density at radius 1 is 1.13 bits per heavy atom. The van der Waals surface area contributed by atoms with E-state index in [1.54, 1.807) is 18.5 Å². The SMILES string of the molecule is O=C(c1nccc2ccccc12)N1CCC[C@@H](c2ncc(Cc3cccc(F)c3)o2)C1. The maximum atomic E-state index is 13.4. The number of aromatic nitrogens is 2. The van der Waals surface area contributed by atoms with Crippen molar-refractivity contribution >= 4 is 16.7 Å². The van der Waals surface area contributed by atoms with Crippen LogP contribution in [0.1, 0.15) is 46.5 Å². The van der Waals surface area contributed by atoms with E-state index in [-0.39, 0.29) is 17.6 Å². The number of amides is 1. The molecule has 0 saturated carbocycles. The molecule has 1 atom stereocenters. The molecule has 2 aromatic carbocycles.